The molecule has 1 unspecified atom stereocenters. The summed E-state index contributed by atoms with van der Waals surface area (Å²) in [5, 5.41) is -0.568. The van der Waals surface area contributed by atoms with E-state index in [2.05, 4.69) is 14.9 Å². The summed E-state index contributed by atoms with van der Waals surface area (Å²) in [5.74, 6) is 0.637. The maximum absolute atomic E-state index is 12.9. The fourth-order valence-corrected chi connectivity index (χ4v) is 5.63. The summed E-state index contributed by atoms with van der Waals surface area (Å²) in [5.41, 5.74) is 1.10. The zero-order chi connectivity index (χ0) is 18.1. The number of aromatic nitrogens is 2. The smallest absolute Gasteiger partial charge is 0.255 e. The third-order valence-electron chi connectivity index (χ3n) is 5.39. The normalized spacial score (nSPS) is 20.6. The van der Waals surface area contributed by atoms with Gasteiger partial charge in [0, 0.05) is 18.7 Å². The molecule has 0 saturated carbocycles. The first-order chi connectivity index (χ1) is 12.6. The topological polar surface area (TPSA) is 83.1 Å². The van der Waals surface area contributed by atoms with Crippen molar-refractivity contribution < 1.29 is 8.42 Å². The van der Waals surface area contributed by atoms with Crippen LogP contribution in [0.25, 0.3) is 0 Å². The summed E-state index contributed by atoms with van der Waals surface area (Å²) >= 11 is 0. The molecule has 2 aromatic rings. The monoisotopic (exact) mass is 373 g/mol. The molecule has 1 N–H and O–H groups in total. The van der Waals surface area contributed by atoms with Gasteiger partial charge >= 0.3 is 0 Å². The third-order valence-corrected chi connectivity index (χ3v) is 7.60. The van der Waals surface area contributed by atoms with Crippen molar-refractivity contribution in [1.82, 2.24) is 9.97 Å². The van der Waals surface area contributed by atoms with Gasteiger partial charge in [-0.1, -0.05) is 18.2 Å². The molecule has 0 bridgehead atoms. The Hall–Kier alpha value is -2.15. The number of aromatic amines is 1. The van der Waals surface area contributed by atoms with E-state index in [-0.39, 0.29) is 12.0 Å². The van der Waals surface area contributed by atoms with Crippen molar-refractivity contribution in [2.75, 3.05) is 18.0 Å². The molecule has 4 rings (SSSR count). The summed E-state index contributed by atoms with van der Waals surface area (Å²) in [6.07, 6.45) is 4.69. The maximum atomic E-state index is 12.9. The highest BCUT2D eigenvalue weighted by Crippen LogP contribution is 2.28. The minimum Gasteiger partial charge on any atom is -0.342 e. The minimum atomic E-state index is -3.44. The van der Waals surface area contributed by atoms with Crippen molar-refractivity contribution in [3.05, 3.63) is 51.9 Å². The first-order valence-corrected chi connectivity index (χ1v) is 10.8. The van der Waals surface area contributed by atoms with Gasteiger partial charge in [-0.3, -0.25) is 9.78 Å². The minimum absolute atomic E-state index is 0.191. The molecule has 1 aromatic carbocycles. The number of piperidine rings is 1. The van der Waals surface area contributed by atoms with Gasteiger partial charge < -0.3 is 4.90 Å². The molecule has 0 radical (unpaired) electrons. The largest absolute Gasteiger partial charge is 0.342 e. The van der Waals surface area contributed by atoms with E-state index in [9.17, 15) is 13.2 Å². The lowest BCUT2D eigenvalue weighted by molar-refractivity contribution is 0.550. The van der Waals surface area contributed by atoms with Crippen LogP contribution in [-0.4, -0.2) is 36.7 Å². The van der Waals surface area contributed by atoms with Crippen molar-refractivity contribution in [3.63, 3.8) is 0 Å². The van der Waals surface area contributed by atoms with Crippen LogP contribution < -0.4 is 10.5 Å². The fourth-order valence-electron chi connectivity index (χ4n) is 3.90. The molecule has 1 aliphatic carbocycles. The second kappa shape index (κ2) is 6.87. The molecule has 26 heavy (non-hydrogen) atoms. The van der Waals surface area contributed by atoms with E-state index in [1.807, 2.05) is 0 Å². The number of nitrogens with one attached hydrogen (secondary N) is 1. The van der Waals surface area contributed by atoms with Gasteiger partial charge in [0.15, 0.2) is 9.84 Å². The van der Waals surface area contributed by atoms with E-state index < -0.39 is 15.1 Å². The Kier molecular flexibility index (Phi) is 4.56. The molecule has 1 aliphatic heterocycles. The Morgan fingerprint density at radius 1 is 1.08 bits per heavy atom. The van der Waals surface area contributed by atoms with Gasteiger partial charge in [0.1, 0.15) is 0 Å². The Morgan fingerprint density at radius 3 is 2.54 bits per heavy atom. The van der Waals surface area contributed by atoms with Crippen LogP contribution in [0.15, 0.2) is 40.0 Å². The Balaban J connectivity index is 1.62. The molecule has 2 aliphatic rings. The number of rotatable bonds is 3. The van der Waals surface area contributed by atoms with E-state index in [0.29, 0.717) is 29.2 Å². The standard InChI is InChI=1S/C19H23N3O3S/c23-18-16-13-15(26(24,25)14-7-3-1-4-8-14)9-10-17(16)20-19(21-18)22-11-5-2-6-12-22/h1,3-4,7-8,15H,2,5-6,9-13H2,(H,20,21,23). The van der Waals surface area contributed by atoms with Gasteiger partial charge in [-0.05, 0) is 50.7 Å². The second-order valence-electron chi connectivity index (χ2n) is 7.09. The van der Waals surface area contributed by atoms with E-state index in [0.717, 1.165) is 31.6 Å². The van der Waals surface area contributed by atoms with E-state index in [4.69, 9.17) is 0 Å². The van der Waals surface area contributed by atoms with Gasteiger partial charge in [-0.2, -0.15) is 0 Å². The van der Waals surface area contributed by atoms with Gasteiger partial charge in [0.2, 0.25) is 5.95 Å². The molecule has 6 nitrogen and oxygen atoms in total. The third kappa shape index (κ3) is 3.16. The molecule has 0 amide bonds. The van der Waals surface area contributed by atoms with Crippen LogP contribution in [0.4, 0.5) is 5.95 Å². The number of benzene rings is 1. The van der Waals surface area contributed by atoms with Crippen LogP contribution in [0.2, 0.25) is 0 Å². The molecular formula is C19H23N3O3S. The molecule has 7 heteroatoms. The number of H-pyrrole nitrogens is 1. The lowest BCUT2D eigenvalue weighted by atomic mass is 9.97. The van der Waals surface area contributed by atoms with E-state index >= 15 is 0 Å². The van der Waals surface area contributed by atoms with Gasteiger partial charge in [-0.25, -0.2) is 13.4 Å². The first kappa shape index (κ1) is 17.3. The molecule has 1 aromatic heterocycles. The summed E-state index contributed by atoms with van der Waals surface area (Å²) in [7, 11) is -3.44. The first-order valence-electron chi connectivity index (χ1n) is 9.21. The zero-order valence-corrected chi connectivity index (χ0v) is 15.5. The number of nitrogens with zero attached hydrogens (tertiary/aromatic N) is 2. The fraction of sp³-hybridized carbons (Fsp3) is 0.474. The van der Waals surface area contributed by atoms with Crippen molar-refractivity contribution in [1.29, 1.82) is 0 Å². The van der Waals surface area contributed by atoms with Crippen molar-refractivity contribution in [2.24, 2.45) is 0 Å². The number of sulfone groups is 1. The summed E-state index contributed by atoms with van der Waals surface area (Å²) in [6, 6.07) is 8.48. The highest BCUT2D eigenvalue weighted by Gasteiger charge is 2.33. The molecule has 138 valence electrons. The van der Waals surface area contributed by atoms with E-state index in [1.165, 1.54) is 6.42 Å². The lowest BCUT2D eigenvalue weighted by Crippen LogP contribution is -2.37. The second-order valence-corrected chi connectivity index (χ2v) is 9.31. The number of fused-ring (bicyclic) bond motifs is 1. The predicted molar refractivity (Wildman–Crippen MR) is 100 cm³/mol. The number of anilines is 1. The van der Waals surface area contributed by atoms with Crippen molar-refractivity contribution >= 4 is 15.8 Å². The quantitative estimate of drug-likeness (QED) is 0.891. The average molecular weight is 373 g/mol. The van der Waals surface area contributed by atoms with Gasteiger partial charge in [-0.15, -0.1) is 0 Å². The molecule has 1 saturated heterocycles. The molecular weight excluding hydrogens is 350 g/mol. The SMILES string of the molecule is O=c1[nH]c(N2CCCCC2)nc2c1CC(S(=O)(=O)c1ccccc1)CC2. The van der Waals surface area contributed by atoms with E-state index in [1.54, 1.807) is 30.3 Å². The number of hydrogen-bond acceptors (Lipinski definition) is 5. The average Bonchev–Trinajstić information content (AvgIpc) is 2.69. The van der Waals surface area contributed by atoms with Crippen LogP contribution in [-0.2, 0) is 22.7 Å². The van der Waals surface area contributed by atoms with Crippen LogP contribution >= 0.6 is 0 Å². The van der Waals surface area contributed by atoms with Crippen molar-refractivity contribution in [2.45, 2.75) is 48.7 Å². The van der Waals surface area contributed by atoms with Gasteiger partial charge in [0.25, 0.3) is 5.56 Å². The molecule has 0 spiro atoms. The molecule has 2 heterocycles. The van der Waals surface area contributed by atoms with Crippen LogP contribution in [0.1, 0.15) is 36.9 Å². The highest BCUT2D eigenvalue weighted by atomic mass is 32.2. The zero-order valence-electron chi connectivity index (χ0n) is 14.6. The molecule has 1 atom stereocenters. The maximum Gasteiger partial charge on any atom is 0.255 e. The predicted octanol–water partition coefficient (Wildman–Crippen LogP) is 2.09. The van der Waals surface area contributed by atoms with Gasteiger partial charge in [0.05, 0.1) is 15.8 Å². The summed E-state index contributed by atoms with van der Waals surface area (Å²) in [4.78, 5) is 22.6. The Labute approximate surface area is 153 Å². The van der Waals surface area contributed by atoms with Crippen LogP contribution in [0.3, 0.4) is 0 Å². The summed E-state index contributed by atoms with van der Waals surface area (Å²) in [6.45, 7) is 1.82. The summed E-state index contributed by atoms with van der Waals surface area (Å²) < 4.78 is 25.8. The van der Waals surface area contributed by atoms with Crippen LogP contribution in [0, 0.1) is 0 Å². The molecule has 1 fully saturated rings. The Bertz CT molecular complexity index is 948. The highest BCUT2D eigenvalue weighted by molar-refractivity contribution is 7.92. The number of aryl methyl sites for hydroxylation is 1. The Morgan fingerprint density at radius 2 is 1.81 bits per heavy atom. The number of hydrogen-bond donors (Lipinski definition) is 1. The van der Waals surface area contributed by atoms with Crippen LogP contribution in [0.5, 0.6) is 0 Å². The lowest BCUT2D eigenvalue weighted by Gasteiger charge is -2.29. The van der Waals surface area contributed by atoms with Crippen molar-refractivity contribution in [3.8, 4) is 0 Å².